The van der Waals surface area contributed by atoms with E-state index < -0.39 is 16.5 Å². The number of nitro groups is 1. The molecule has 2 aromatic rings. The van der Waals surface area contributed by atoms with Crippen LogP contribution in [0.5, 0.6) is 5.75 Å². The van der Waals surface area contributed by atoms with Crippen LogP contribution in [0.1, 0.15) is 42.3 Å². The number of methoxy groups -OCH3 is 1. The van der Waals surface area contributed by atoms with Crippen LogP contribution in [0.3, 0.4) is 0 Å². The Morgan fingerprint density at radius 1 is 1.08 bits per heavy atom. The average Bonchev–Trinajstić information content (AvgIpc) is 2.58. The van der Waals surface area contributed by atoms with Crippen LogP contribution in [-0.4, -0.2) is 23.6 Å². The molecule has 0 bridgehead atoms. The molecule has 0 aliphatic rings. The number of rotatable bonds is 5. The van der Waals surface area contributed by atoms with Crippen LogP contribution in [0.15, 0.2) is 42.5 Å². The summed E-state index contributed by atoms with van der Waals surface area (Å²) < 4.78 is 10.4. The predicted octanol–water partition coefficient (Wildman–Crippen LogP) is 4.73. The van der Waals surface area contributed by atoms with Gasteiger partial charge in [0, 0.05) is 6.07 Å². The van der Waals surface area contributed by atoms with Crippen molar-refractivity contribution in [3.8, 4) is 5.75 Å². The number of nitrogens with zero attached hydrogens (tertiary/aromatic N) is 1. The van der Waals surface area contributed by atoms with Crippen LogP contribution < -0.4 is 4.74 Å². The van der Waals surface area contributed by atoms with Crippen LogP contribution in [0.4, 0.5) is 5.69 Å². The smallest absolute Gasteiger partial charge is 0.345 e. The van der Waals surface area contributed by atoms with Crippen molar-refractivity contribution in [2.75, 3.05) is 7.11 Å². The van der Waals surface area contributed by atoms with Crippen molar-refractivity contribution in [3.05, 3.63) is 69.3 Å². The van der Waals surface area contributed by atoms with E-state index >= 15 is 0 Å². The van der Waals surface area contributed by atoms with Crippen molar-refractivity contribution in [1.82, 2.24) is 0 Å². The van der Waals surface area contributed by atoms with Crippen LogP contribution in [-0.2, 0) is 4.74 Å². The SMILES string of the molecule is COc1cccc(C=Cc2ccc(C(=O)OC(C)(C)C)c([N+](=O)[O-])c2)c1. The van der Waals surface area contributed by atoms with Crippen molar-refractivity contribution >= 4 is 23.8 Å². The van der Waals surface area contributed by atoms with Crippen molar-refractivity contribution < 1.29 is 19.2 Å². The summed E-state index contributed by atoms with van der Waals surface area (Å²) in [5, 5.41) is 11.4. The number of benzene rings is 2. The summed E-state index contributed by atoms with van der Waals surface area (Å²) in [6.07, 6.45) is 3.55. The summed E-state index contributed by atoms with van der Waals surface area (Å²) in [4.78, 5) is 23.0. The maximum absolute atomic E-state index is 12.2. The second kappa shape index (κ2) is 7.82. The summed E-state index contributed by atoms with van der Waals surface area (Å²) in [6.45, 7) is 5.13. The molecule has 2 rings (SSSR count). The monoisotopic (exact) mass is 355 g/mol. The first kappa shape index (κ1) is 19.2. The fraction of sp³-hybridized carbons (Fsp3) is 0.250. The third-order valence-corrected chi connectivity index (χ3v) is 3.40. The minimum atomic E-state index is -0.726. The van der Waals surface area contributed by atoms with Crippen LogP contribution >= 0.6 is 0 Å². The van der Waals surface area contributed by atoms with Gasteiger partial charge in [0.15, 0.2) is 0 Å². The van der Waals surface area contributed by atoms with Gasteiger partial charge >= 0.3 is 5.97 Å². The molecule has 6 heteroatoms. The predicted molar refractivity (Wildman–Crippen MR) is 100 cm³/mol. The standard InChI is InChI=1S/C20H21NO5/c1-20(2,3)26-19(22)17-11-10-15(13-18(17)21(23)24)9-8-14-6-5-7-16(12-14)25-4/h5-13H,1-4H3. The molecule has 0 saturated heterocycles. The maximum atomic E-state index is 12.2. The van der Waals surface area contributed by atoms with E-state index in [1.165, 1.54) is 12.1 Å². The zero-order chi connectivity index (χ0) is 19.3. The fourth-order valence-electron chi connectivity index (χ4n) is 2.25. The first-order valence-electron chi connectivity index (χ1n) is 8.03. The van der Waals surface area contributed by atoms with Crippen LogP contribution in [0, 0.1) is 10.1 Å². The van der Waals surface area contributed by atoms with E-state index in [-0.39, 0.29) is 11.3 Å². The van der Waals surface area contributed by atoms with Gasteiger partial charge in [-0.25, -0.2) is 4.79 Å². The van der Waals surface area contributed by atoms with Gasteiger partial charge in [-0.3, -0.25) is 10.1 Å². The second-order valence-corrected chi connectivity index (χ2v) is 6.65. The van der Waals surface area contributed by atoms with E-state index in [0.717, 1.165) is 11.3 Å². The molecule has 0 fully saturated rings. The minimum Gasteiger partial charge on any atom is -0.497 e. The zero-order valence-corrected chi connectivity index (χ0v) is 15.2. The second-order valence-electron chi connectivity index (χ2n) is 6.65. The van der Waals surface area contributed by atoms with Gasteiger partial charge in [0.2, 0.25) is 0 Å². The lowest BCUT2D eigenvalue weighted by Gasteiger charge is -2.19. The molecule has 2 aromatic carbocycles. The van der Waals surface area contributed by atoms with Crippen molar-refractivity contribution in [1.29, 1.82) is 0 Å². The molecule has 0 atom stereocenters. The molecule has 0 radical (unpaired) electrons. The highest BCUT2D eigenvalue weighted by molar-refractivity contribution is 5.94. The third-order valence-electron chi connectivity index (χ3n) is 3.40. The van der Waals surface area contributed by atoms with E-state index in [0.29, 0.717) is 5.56 Å². The molecule has 136 valence electrons. The van der Waals surface area contributed by atoms with Gasteiger partial charge in [-0.1, -0.05) is 30.4 Å². The largest absolute Gasteiger partial charge is 0.497 e. The number of nitro benzene ring substituents is 1. The van der Waals surface area contributed by atoms with Crippen molar-refractivity contribution in [2.24, 2.45) is 0 Å². The van der Waals surface area contributed by atoms with E-state index in [2.05, 4.69) is 0 Å². The molecule has 0 N–H and O–H groups in total. The number of hydrogen-bond acceptors (Lipinski definition) is 5. The van der Waals surface area contributed by atoms with Crippen LogP contribution in [0.2, 0.25) is 0 Å². The maximum Gasteiger partial charge on any atom is 0.345 e. The van der Waals surface area contributed by atoms with Gasteiger partial charge in [-0.2, -0.15) is 0 Å². The molecule has 0 heterocycles. The van der Waals surface area contributed by atoms with E-state index in [9.17, 15) is 14.9 Å². The molecule has 0 saturated carbocycles. The van der Waals surface area contributed by atoms with Gasteiger partial charge < -0.3 is 9.47 Å². The Kier molecular flexibility index (Phi) is 5.77. The number of ether oxygens (including phenoxy) is 2. The molecular weight excluding hydrogens is 334 g/mol. The lowest BCUT2D eigenvalue weighted by molar-refractivity contribution is -0.385. The van der Waals surface area contributed by atoms with E-state index in [1.807, 2.05) is 30.3 Å². The van der Waals surface area contributed by atoms with Crippen LogP contribution in [0.25, 0.3) is 12.2 Å². The van der Waals surface area contributed by atoms with Gasteiger partial charge in [0.1, 0.15) is 16.9 Å². The summed E-state index contributed by atoms with van der Waals surface area (Å²) in [5.74, 6) is 0.00549. The topological polar surface area (TPSA) is 78.7 Å². The molecule has 0 aromatic heterocycles. The summed E-state index contributed by atoms with van der Waals surface area (Å²) >= 11 is 0. The highest BCUT2D eigenvalue weighted by atomic mass is 16.6. The number of carbonyl (C=O) groups is 1. The van der Waals surface area contributed by atoms with Gasteiger partial charge in [0.25, 0.3) is 5.69 Å². The van der Waals surface area contributed by atoms with E-state index in [4.69, 9.17) is 9.47 Å². The Morgan fingerprint density at radius 3 is 2.31 bits per heavy atom. The highest BCUT2D eigenvalue weighted by Gasteiger charge is 2.25. The van der Waals surface area contributed by atoms with Crippen molar-refractivity contribution in [3.63, 3.8) is 0 Å². The molecule has 26 heavy (non-hydrogen) atoms. The minimum absolute atomic E-state index is 0.0662. The summed E-state index contributed by atoms with van der Waals surface area (Å²) in [6, 6.07) is 11.8. The summed E-state index contributed by atoms with van der Waals surface area (Å²) in [7, 11) is 1.58. The highest BCUT2D eigenvalue weighted by Crippen LogP contribution is 2.24. The zero-order valence-electron chi connectivity index (χ0n) is 15.2. The first-order chi connectivity index (χ1) is 12.2. The summed E-state index contributed by atoms with van der Waals surface area (Å²) in [5.41, 5.74) is 0.418. The number of hydrogen-bond donors (Lipinski definition) is 0. The van der Waals surface area contributed by atoms with Gasteiger partial charge in [-0.15, -0.1) is 0 Å². The molecule has 0 unspecified atom stereocenters. The Morgan fingerprint density at radius 2 is 1.73 bits per heavy atom. The molecule has 0 aliphatic heterocycles. The molecule has 0 aliphatic carbocycles. The Balaban J connectivity index is 2.31. The number of carbonyl (C=O) groups excluding carboxylic acids is 1. The van der Waals surface area contributed by atoms with Crippen molar-refractivity contribution in [2.45, 2.75) is 26.4 Å². The van der Waals surface area contributed by atoms with Gasteiger partial charge in [-0.05, 0) is 50.1 Å². The van der Waals surface area contributed by atoms with Gasteiger partial charge in [0.05, 0.1) is 12.0 Å². The normalized spacial score (nSPS) is 11.4. The molecule has 0 amide bonds. The molecular formula is C20H21NO5. The van der Waals surface area contributed by atoms with E-state index in [1.54, 1.807) is 40.0 Å². The Bertz CT molecular complexity index is 850. The quantitative estimate of drug-likeness (QED) is 0.335. The Labute approximate surface area is 152 Å². The fourth-order valence-corrected chi connectivity index (χ4v) is 2.25. The lowest BCUT2D eigenvalue weighted by Crippen LogP contribution is -2.24. The Hall–Kier alpha value is -3.15. The lowest BCUT2D eigenvalue weighted by atomic mass is 10.1. The number of esters is 1. The molecule has 0 spiro atoms. The third kappa shape index (κ3) is 5.17. The first-order valence-corrected chi connectivity index (χ1v) is 8.03. The average molecular weight is 355 g/mol. The molecule has 6 nitrogen and oxygen atoms in total.